The third-order valence-corrected chi connectivity index (χ3v) is 3.11. The number of nitrogens with zero attached hydrogens (tertiary/aromatic N) is 1. The van der Waals surface area contributed by atoms with Crippen molar-refractivity contribution in [3.05, 3.63) is 24.4 Å². The fourth-order valence-electron chi connectivity index (χ4n) is 0.612. The standard InChI is InChI=1S/C8H12N2S2/c1-2-6-10-12-11-8-5-3-4-7-9-8/h3-5,7,10H,2,6H2,1H3. The predicted molar refractivity (Wildman–Crippen MR) is 56.0 cm³/mol. The van der Waals surface area contributed by atoms with Crippen LogP contribution in [0.15, 0.2) is 29.4 Å². The van der Waals surface area contributed by atoms with Crippen LogP contribution in [-0.4, -0.2) is 11.5 Å². The van der Waals surface area contributed by atoms with E-state index in [1.807, 2.05) is 24.4 Å². The van der Waals surface area contributed by atoms with E-state index in [1.165, 1.54) is 0 Å². The quantitative estimate of drug-likeness (QED) is 0.449. The Labute approximate surface area is 81.1 Å². The van der Waals surface area contributed by atoms with E-state index in [4.69, 9.17) is 0 Å². The van der Waals surface area contributed by atoms with Gasteiger partial charge in [0.25, 0.3) is 0 Å². The van der Waals surface area contributed by atoms with Gasteiger partial charge in [-0.25, -0.2) is 4.98 Å². The summed E-state index contributed by atoms with van der Waals surface area (Å²) in [5.41, 5.74) is 0. The van der Waals surface area contributed by atoms with Crippen molar-refractivity contribution < 1.29 is 0 Å². The Morgan fingerprint density at radius 1 is 1.50 bits per heavy atom. The molecule has 12 heavy (non-hydrogen) atoms. The zero-order valence-electron chi connectivity index (χ0n) is 6.99. The van der Waals surface area contributed by atoms with E-state index >= 15 is 0 Å². The molecule has 1 heterocycles. The van der Waals surface area contributed by atoms with Crippen LogP contribution in [0.2, 0.25) is 0 Å². The monoisotopic (exact) mass is 200 g/mol. The Balaban J connectivity index is 2.16. The third-order valence-electron chi connectivity index (χ3n) is 1.18. The molecule has 0 saturated carbocycles. The summed E-state index contributed by atoms with van der Waals surface area (Å²) in [7, 11) is 3.29. The average Bonchev–Trinajstić information content (AvgIpc) is 2.14. The van der Waals surface area contributed by atoms with Gasteiger partial charge in [-0.1, -0.05) is 13.0 Å². The van der Waals surface area contributed by atoms with Crippen molar-refractivity contribution in [2.75, 3.05) is 6.54 Å². The van der Waals surface area contributed by atoms with Crippen LogP contribution in [0.1, 0.15) is 13.3 Å². The highest BCUT2D eigenvalue weighted by molar-refractivity contribution is 8.76. The molecule has 0 radical (unpaired) electrons. The molecule has 1 aromatic heterocycles. The number of rotatable bonds is 5. The maximum Gasteiger partial charge on any atom is 0.108 e. The fourth-order valence-corrected chi connectivity index (χ4v) is 2.26. The van der Waals surface area contributed by atoms with Crippen LogP contribution in [-0.2, 0) is 0 Å². The summed E-state index contributed by atoms with van der Waals surface area (Å²) in [6, 6.07) is 5.93. The number of aromatic nitrogens is 1. The van der Waals surface area contributed by atoms with Gasteiger partial charge >= 0.3 is 0 Å². The van der Waals surface area contributed by atoms with Crippen molar-refractivity contribution in [2.45, 2.75) is 18.4 Å². The molecule has 1 aromatic rings. The molecule has 0 aliphatic heterocycles. The van der Waals surface area contributed by atoms with E-state index in [1.54, 1.807) is 21.8 Å². The van der Waals surface area contributed by atoms with Crippen molar-refractivity contribution in [3.8, 4) is 0 Å². The summed E-state index contributed by atoms with van der Waals surface area (Å²) in [4.78, 5) is 4.18. The SMILES string of the molecule is CCCNSSc1ccccn1. The molecule has 0 unspecified atom stereocenters. The second-order valence-corrected chi connectivity index (χ2v) is 4.27. The first-order chi connectivity index (χ1) is 5.93. The van der Waals surface area contributed by atoms with E-state index in [9.17, 15) is 0 Å². The lowest BCUT2D eigenvalue weighted by molar-refractivity contribution is 0.881. The second kappa shape index (κ2) is 6.34. The zero-order valence-corrected chi connectivity index (χ0v) is 8.62. The first-order valence-electron chi connectivity index (χ1n) is 3.91. The smallest absolute Gasteiger partial charge is 0.108 e. The minimum absolute atomic E-state index is 1.05. The van der Waals surface area contributed by atoms with Crippen molar-refractivity contribution >= 4 is 21.8 Å². The van der Waals surface area contributed by atoms with E-state index in [-0.39, 0.29) is 0 Å². The lowest BCUT2D eigenvalue weighted by Crippen LogP contribution is -2.01. The van der Waals surface area contributed by atoms with Gasteiger partial charge in [0.05, 0.1) is 0 Å². The molecule has 4 heteroatoms. The zero-order chi connectivity index (χ0) is 8.65. The molecule has 0 saturated heterocycles. The highest BCUT2D eigenvalue weighted by Gasteiger charge is 1.92. The number of hydrogen-bond donors (Lipinski definition) is 1. The summed E-state index contributed by atoms with van der Waals surface area (Å²) in [5, 5.41) is 1.05. The van der Waals surface area contributed by atoms with Gasteiger partial charge in [0.2, 0.25) is 0 Å². The molecule has 0 aliphatic carbocycles. The number of nitrogens with one attached hydrogen (secondary N) is 1. The molecule has 0 atom stereocenters. The molecule has 0 aliphatic rings. The molecule has 0 fully saturated rings. The highest BCUT2D eigenvalue weighted by atomic mass is 33.1. The topological polar surface area (TPSA) is 24.9 Å². The van der Waals surface area contributed by atoms with Crippen LogP contribution < -0.4 is 4.72 Å². The van der Waals surface area contributed by atoms with E-state index in [0.29, 0.717) is 0 Å². The van der Waals surface area contributed by atoms with Crippen LogP contribution in [0.3, 0.4) is 0 Å². The first-order valence-corrected chi connectivity index (χ1v) is 6.06. The number of hydrogen-bond acceptors (Lipinski definition) is 4. The third kappa shape index (κ3) is 3.99. The van der Waals surface area contributed by atoms with E-state index in [0.717, 1.165) is 18.0 Å². The molecule has 0 amide bonds. The molecule has 0 aromatic carbocycles. The van der Waals surface area contributed by atoms with Crippen molar-refractivity contribution in [1.29, 1.82) is 0 Å². The summed E-state index contributed by atoms with van der Waals surface area (Å²) in [6.07, 6.45) is 2.97. The molecular formula is C8H12N2S2. The maximum absolute atomic E-state index is 4.18. The van der Waals surface area contributed by atoms with Gasteiger partial charge < -0.3 is 0 Å². The summed E-state index contributed by atoms with van der Waals surface area (Å²) in [5.74, 6) is 0. The lowest BCUT2D eigenvalue weighted by Gasteiger charge is -1.99. The summed E-state index contributed by atoms with van der Waals surface area (Å²) in [6.45, 7) is 3.20. The van der Waals surface area contributed by atoms with Crippen LogP contribution in [0, 0.1) is 0 Å². The van der Waals surface area contributed by atoms with Gasteiger partial charge in [0.15, 0.2) is 0 Å². The Morgan fingerprint density at radius 3 is 3.08 bits per heavy atom. The molecule has 1 rings (SSSR count). The minimum atomic E-state index is 1.05. The van der Waals surface area contributed by atoms with Crippen LogP contribution in [0.5, 0.6) is 0 Å². The van der Waals surface area contributed by atoms with Crippen molar-refractivity contribution in [3.63, 3.8) is 0 Å². The van der Waals surface area contributed by atoms with Gasteiger partial charge in [0, 0.05) is 12.7 Å². The van der Waals surface area contributed by atoms with Crippen molar-refractivity contribution in [1.82, 2.24) is 9.71 Å². The molecule has 1 N–H and O–H groups in total. The van der Waals surface area contributed by atoms with Gasteiger partial charge in [-0.3, -0.25) is 4.72 Å². The van der Waals surface area contributed by atoms with Crippen LogP contribution in [0.25, 0.3) is 0 Å². The predicted octanol–water partition coefficient (Wildman–Crippen LogP) is 2.74. The van der Waals surface area contributed by atoms with Crippen molar-refractivity contribution in [2.24, 2.45) is 0 Å². The minimum Gasteiger partial charge on any atom is -0.254 e. The number of pyridine rings is 1. The van der Waals surface area contributed by atoms with Crippen LogP contribution in [0.4, 0.5) is 0 Å². The molecular weight excluding hydrogens is 188 g/mol. The van der Waals surface area contributed by atoms with Gasteiger partial charge in [-0.2, -0.15) is 0 Å². The Kier molecular flexibility index (Phi) is 5.23. The Hall–Kier alpha value is -0.190. The molecule has 0 spiro atoms. The summed E-state index contributed by atoms with van der Waals surface area (Å²) >= 11 is 0. The summed E-state index contributed by atoms with van der Waals surface area (Å²) < 4.78 is 3.22. The van der Waals surface area contributed by atoms with Crippen LogP contribution >= 0.6 is 21.8 Å². The Morgan fingerprint density at radius 2 is 2.42 bits per heavy atom. The van der Waals surface area contributed by atoms with Gasteiger partial charge in [-0.05, 0) is 40.3 Å². The fraction of sp³-hybridized carbons (Fsp3) is 0.375. The first kappa shape index (κ1) is 9.89. The van der Waals surface area contributed by atoms with E-state index < -0.39 is 0 Å². The van der Waals surface area contributed by atoms with Gasteiger partial charge in [-0.15, -0.1) is 0 Å². The molecule has 0 bridgehead atoms. The normalized spacial score (nSPS) is 10.1. The average molecular weight is 200 g/mol. The second-order valence-electron chi connectivity index (χ2n) is 2.23. The van der Waals surface area contributed by atoms with Gasteiger partial charge in [0.1, 0.15) is 5.03 Å². The van der Waals surface area contributed by atoms with E-state index in [2.05, 4.69) is 16.6 Å². The molecule has 2 nitrogen and oxygen atoms in total. The Bertz CT molecular complexity index is 203. The maximum atomic E-state index is 4.18. The lowest BCUT2D eigenvalue weighted by atomic mass is 10.5. The highest BCUT2D eigenvalue weighted by Crippen LogP contribution is 2.25. The largest absolute Gasteiger partial charge is 0.254 e. The molecule has 66 valence electrons.